The zero-order chi connectivity index (χ0) is 12.7. The molecule has 0 aliphatic heterocycles. The molecule has 0 aliphatic carbocycles. The van der Waals surface area contributed by atoms with E-state index in [4.69, 9.17) is 4.42 Å². The average molecular weight is 238 g/mol. The molecule has 0 atom stereocenters. The summed E-state index contributed by atoms with van der Waals surface area (Å²) in [5.41, 5.74) is 1.78. The summed E-state index contributed by atoms with van der Waals surface area (Å²) in [5, 5.41) is 12.4. The van der Waals surface area contributed by atoms with Gasteiger partial charge in [0.05, 0.1) is 5.56 Å². The standard InChI is InChI=1S/C16H14O2/c1-10-15(16(17)11(2)18-10)14-8-7-12-5-3-4-6-13(12)9-14/h3-9,17H,1-2H3. The van der Waals surface area contributed by atoms with Crippen LogP contribution < -0.4 is 0 Å². The predicted molar refractivity (Wildman–Crippen MR) is 72.8 cm³/mol. The SMILES string of the molecule is Cc1oc(C)c(-c2ccc3ccccc3c2)c1O. The van der Waals surface area contributed by atoms with Crippen molar-refractivity contribution in [3.8, 4) is 16.9 Å². The van der Waals surface area contributed by atoms with Crippen molar-refractivity contribution in [2.24, 2.45) is 0 Å². The third kappa shape index (κ3) is 1.58. The van der Waals surface area contributed by atoms with Crippen molar-refractivity contribution in [1.82, 2.24) is 0 Å². The molecule has 1 aromatic heterocycles. The molecular weight excluding hydrogens is 224 g/mol. The Morgan fingerprint density at radius 1 is 0.889 bits per heavy atom. The molecule has 1 heterocycles. The van der Waals surface area contributed by atoms with Gasteiger partial charge in [-0.1, -0.05) is 36.4 Å². The highest BCUT2D eigenvalue weighted by atomic mass is 16.4. The van der Waals surface area contributed by atoms with Crippen molar-refractivity contribution >= 4 is 10.8 Å². The maximum atomic E-state index is 10.1. The molecule has 0 fully saturated rings. The molecule has 0 amide bonds. The number of aryl methyl sites for hydroxylation is 2. The van der Waals surface area contributed by atoms with Gasteiger partial charge in [0.15, 0.2) is 5.75 Å². The van der Waals surface area contributed by atoms with Crippen LogP contribution in [0.15, 0.2) is 46.9 Å². The highest BCUT2D eigenvalue weighted by Crippen LogP contribution is 2.38. The van der Waals surface area contributed by atoms with Gasteiger partial charge in [0, 0.05) is 0 Å². The normalized spacial score (nSPS) is 11.0. The Kier molecular flexibility index (Phi) is 2.37. The number of furan rings is 1. The zero-order valence-corrected chi connectivity index (χ0v) is 10.4. The van der Waals surface area contributed by atoms with E-state index in [2.05, 4.69) is 24.3 Å². The molecule has 0 saturated carbocycles. The first-order valence-electron chi connectivity index (χ1n) is 5.95. The monoisotopic (exact) mass is 238 g/mol. The third-order valence-electron chi connectivity index (χ3n) is 3.27. The molecule has 0 aliphatic rings. The van der Waals surface area contributed by atoms with Crippen LogP contribution in [0.3, 0.4) is 0 Å². The van der Waals surface area contributed by atoms with E-state index in [-0.39, 0.29) is 5.75 Å². The Hall–Kier alpha value is -2.22. The van der Waals surface area contributed by atoms with Crippen LogP contribution in [0, 0.1) is 13.8 Å². The van der Waals surface area contributed by atoms with Crippen LogP contribution in [0.2, 0.25) is 0 Å². The molecule has 0 spiro atoms. The second kappa shape index (κ2) is 3.91. The van der Waals surface area contributed by atoms with E-state index in [0.29, 0.717) is 5.76 Å². The number of hydrogen-bond donors (Lipinski definition) is 1. The summed E-state index contributed by atoms with van der Waals surface area (Å²) in [7, 11) is 0. The predicted octanol–water partition coefficient (Wildman–Crippen LogP) is 4.42. The van der Waals surface area contributed by atoms with Crippen molar-refractivity contribution in [3.05, 3.63) is 54.0 Å². The van der Waals surface area contributed by atoms with Crippen molar-refractivity contribution in [3.63, 3.8) is 0 Å². The Balaban J connectivity index is 2.25. The summed E-state index contributed by atoms with van der Waals surface area (Å²) >= 11 is 0. The van der Waals surface area contributed by atoms with Gasteiger partial charge in [-0.05, 0) is 36.2 Å². The van der Waals surface area contributed by atoms with Crippen LogP contribution in [-0.2, 0) is 0 Å². The fourth-order valence-corrected chi connectivity index (χ4v) is 2.36. The highest BCUT2D eigenvalue weighted by Gasteiger charge is 2.15. The Bertz CT molecular complexity index is 723. The highest BCUT2D eigenvalue weighted by molar-refractivity contribution is 5.88. The van der Waals surface area contributed by atoms with Crippen LogP contribution in [0.5, 0.6) is 5.75 Å². The van der Waals surface area contributed by atoms with Gasteiger partial charge in [-0.25, -0.2) is 0 Å². The van der Waals surface area contributed by atoms with E-state index in [1.54, 1.807) is 6.92 Å². The van der Waals surface area contributed by atoms with Crippen molar-refractivity contribution in [2.75, 3.05) is 0 Å². The Morgan fingerprint density at radius 2 is 1.61 bits per heavy atom. The smallest absolute Gasteiger partial charge is 0.165 e. The quantitative estimate of drug-likeness (QED) is 0.680. The summed E-state index contributed by atoms with van der Waals surface area (Å²) in [6.07, 6.45) is 0. The molecule has 0 bridgehead atoms. The van der Waals surface area contributed by atoms with Crippen LogP contribution in [0.25, 0.3) is 21.9 Å². The van der Waals surface area contributed by atoms with Crippen LogP contribution in [-0.4, -0.2) is 5.11 Å². The van der Waals surface area contributed by atoms with E-state index >= 15 is 0 Å². The first kappa shape index (κ1) is 10.9. The zero-order valence-electron chi connectivity index (χ0n) is 10.4. The maximum absolute atomic E-state index is 10.1. The van der Waals surface area contributed by atoms with Gasteiger partial charge in [-0.2, -0.15) is 0 Å². The second-order valence-electron chi connectivity index (χ2n) is 4.50. The average Bonchev–Trinajstić information content (AvgIpc) is 2.63. The minimum Gasteiger partial charge on any atom is -0.504 e. The van der Waals surface area contributed by atoms with E-state index in [1.807, 2.05) is 25.1 Å². The summed E-state index contributed by atoms with van der Waals surface area (Å²) in [5.74, 6) is 1.55. The van der Waals surface area contributed by atoms with Crippen LogP contribution in [0.1, 0.15) is 11.5 Å². The lowest BCUT2D eigenvalue weighted by molar-refractivity contribution is 0.438. The first-order chi connectivity index (χ1) is 8.66. The van der Waals surface area contributed by atoms with E-state index in [9.17, 15) is 5.11 Å². The minimum absolute atomic E-state index is 0.239. The number of hydrogen-bond acceptors (Lipinski definition) is 2. The van der Waals surface area contributed by atoms with Gasteiger partial charge in [-0.3, -0.25) is 0 Å². The van der Waals surface area contributed by atoms with Gasteiger partial charge in [0.25, 0.3) is 0 Å². The molecule has 2 heteroatoms. The van der Waals surface area contributed by atoms with E-state index in [1.165, 1.54) is 5.39 Å². The molecular formula is C16H14O2. The molecule has 90 valence electrons. The fourth-order valence-electron chi connectivity index (χ4n) is 2.36. The molecule has 2 nitrogen and oxygen atoms in total. The summed E-state index contributed by atoms with van der Waals surface area (Å²) in [6, 6.07) is 14.3. The lowest BCUT2D eigenvalue weighted by Crippen LogP contribution is -1.80. The third-order valence-corrected chi connectivity index (χ3v) is 3.27. The van der Waals surface area contributed by atoms with Crippen molar-refractivity contribution < 1.29 is 9.52 Å². The molecule has 1 N–H and O–H groups in total. The van der Waals surface area contributed by atoms with Gasteiger partial charge < -0.3 is 9.52 Å². The Morgan fingerprint density at radius 3 is 2.28 bits per heavy atom. The molecule has 0 saturated heterocycles. The Labute approximate surface area is 105 Å². The van der Waals surface area contributed by atoms with E-state index < -0.39 is 0 Å². The summed E-state index contributed by atoms with van der Waals surface area (Å²) in [6.45, 7) is 3.64. The molecule has 2 aromatic carbocycles. The summed E-state index contributed by atoms with van der Waals surface area (Å²) < 4.78 is 5.46. The van der Waals surface area contributed by atoms with Gasteiger partial charge >= 0.3 is 0 Å². The van der Waals surface area contributed by atoms with Crippen LogP contribution >= 0.6 is 0 Å². The van der Waals surface area contributed by atoms with Crippen LogP contribution in [0.4, 0.5) is 0 Å². The van der Waals surface area contributed by atoms with Crippen molar-refractivity contribution in [1.29, 1.82) is 0 Å². The molecule has 0 unspecified atom stereocenters. The van der Waals surface area contributed by atoms with Gasteiger partial charge in [-0.15, -0.1) is 0 Å². The number of rotatable bonds is 1. The number of aromatic hydroxyl groups is 1. The lowest BCUT2D eigenvalue weighted by Gasteiger charge is -2.03. The first-order valence-corrected chi connectivity index (χ1v) is 5.95. The van der Waals surface area contributed by atoms with Crippen molar-refractivity contribution in [2.45, 2.75) is 13.8 Å². The minimum atomic E-state index is 0.239. The molecule has 18 heavy (non-hydrogen) atoms. The fraction of sp³-hybridized carbons (Fsp3) is 0.125. The second-order valence-corrected chi connectivity index (χ2v) is 4.50. The molecule has 3 aromatic rings. The number of fused-ring (bicyclic) bond motifs is 1. The largest absolute Gasteiger partial charge is 0.504 e. The molecule has 3 rings (SSSR count). The lowest BCUT2D eigenvalue weighted by atomic mass is 10.0. The van der Waals surface area contributed by atoms with Gasteiger partial charge in [0.1, 0.15) is 11.5 Å². The number of benzene rings is 2. The van der Waals surface area contributed by atoms with E-state index in [0.717, 1.165) is 22.3 Å². The topological polar surface area (TPSA) is 33.4 Å². The maximum Gasteiger partial charge on any atom is 0.165 e. The molecule has 0 radical (unpaired) electrons. The van der Waals surface area contributed by atoms with Gasteiger partial charge in [0.2, 0.25) is 0 Å². The summed E-state index contributed by atoms with van der Waals surface area (Å²) in [4.78, 5) is 0.